The number of aliphatic hydroxyl groups excluding tert-OH is 1. The SMILES string of the molecule is Cc1ncn(-c2ccc(N3C[C@H](CO)OC3=O)cc2F)n1. The number of carbonyl (C=O) groups excluding carboxylic acids is 1. The topological polar surface area (TPSA) is 80.5 Å². The molecule has 1 aliphatic heterocycles. The predicted octanol–water partition coefficient (Wildman–Crippen LogP) is 1.03. The number of cyclic esters (lactones) is 1. The van der Waals surface area contributed by atoms with Gasteiger partial charge in [-0.1, -0.05) is 0 Å². The van der Waals surface area contributed by atoms with Crippen LogP contribution in [0.2, 0.25) is 0 Å². The molecule has 0 unspecified atom stereocenters. The molecule has 1 aromatic carbocycles. The molecule has 0 bridgehead atoms. The van der Waals surface area contributed by atoms with Gasteiger partial charge in [-0.2, -0.15) is 5.10 Å². The molecule has 7 nitrogen and oxygen atoms in total. The largest absolute Gasteiger partial charge is 0.441 e. The number of anilines is 1. The van der Waals surface area contributed by atoms with Gasteiger partial charge in [-0.05, 0) is 25.1 Å². The van der Waals surface area contributed by atoms with Crippen molar-refractivity contribution in [2.24, 2.45) is 0 Å². The highest BCUT2D eigenvalue weighted by Gasteiger charge is 2.32. The van der Waals surface area contributed by atoms with Crippen LogP contribution < -0.4 is 4.90 Å². The number of hydrogen-bond acceptors (Lipinski definition) is 5. The van der Waals surface area contributed by atoms with Crippen LogP contribution >= 0.6 is 0 Å². The van der Waals surface area contributed by atoms with Gasteiger partial charge in [0.15, 0.2) is 5.82 Å². The van der Waals surface area contributed by atoms with Crippen LogP contribution in [0.3, 0.4) is 0 Å². The Morgan fingerprint density at radius 1 is 1.52 bits per heavy atom. The van der Waals surface area contributed by atoms with Crippen molar-refractivity contribution in [3.8, 4) is 5.69 Å². The zero-order chi connectivity index (χ0) is 15.0. The van der Waals surface area contributed by atoms with Crippen LogP contribution in [0.25, 0.3) is 5.69 Å². The number of ether oxygens (including phenoxy) is 1. The number of aliphatic hydroxyl groups is 1. The summed E-state index contributed by atoms with van der Waals surface area (Å²) >= 11 is 0. The third-order valence-corrected chi connectivity index (χ3v) is 3.17. The number of aryl methyl sites for hydroxylation is 1. The minimum absolute atomic E-state index is 0.191. The van der Waals surface area contributed by atoms with Gasteiger partial charge >= 0.3 is 6.09 Å². The molecular formula is C13H13FN4O3. The smallest absolute Gasteiger partial charge is 0.414 e. The van der Waals surface area contributed by atoms with Gasteiger partial charge in [0.25, 0.3) is 0 Å². The summed E-state index contributed by atoms with van der Waals surface area (Å²) in [5.41, 5.74) is 0.611. The Morgan fingerprint density at radius 2 is 2.33 bits per heavy atom. The van der Waals surface area contributed by atoms with Gasteiger partial charge < -0.3 is 9.84 Å². The molecule has 0 radical (unpaired) electrons. The van der Waals surface area contributed by atoms with Crippen LogP contribution in [0.5, 0.6) is 0 Å². The maximum absolute atomic E-state index is 14.2. The summed E-state index contributed by atoms with van der Waals surface area (Å²) < 4.78 is 20.4. The number of halogens is 1. The first-order valence-corrected chi connectivity index (χ1v) is 6.35. The molecule has 110 valence electrons. The zero-order valence-corrected chi connectivity index (χ0v) is 11.2. The number of amides is 1. The van der Waals surface area contributed by atoms with E-state index in [0.29, 0.717) is 11.5 Å². The summed E-state index contributed by atoms with van der Waals surface area (Å²) in [6, 6.07) is 4.34. The molecule has 1 aromatic heterocycles. The van der Waals surface area contributed by atoms with E-state index >= 15 is 0 Å². The molecule has 0 aliphatic carbocycles. The van der Waals surface area contributed by atoms with Crippen LogP contribution in [0.15, 0.2) is 24.5 Å². The maximum Gasteiger partial charge on any atom is 0.414 e. The fraction of sp³-hybridized carbons (Fsp3) is 0.308. The van der Waals surface area contributed by atoms with Crippen molar-refractivity contribution in [1.82, 2.24) is 14.8 Å². The quantitative estimate of drug-likeness (QED) is 0.914. The van der Waals surface area contributed by atoms with Gasteiger partial charge in [0, 0.05) is 0 Å². The first kappa shape index (κ1) is 13.5. The van der Waals surface area contributed by atoms with Gasteiger partial charge in [-0.15, -0.1) is 0 Å². The molecule has 1 N–H and O–H groups in total. The molecular weight excluding hydrogens is 279 g/mol. The Kier molecular flexibility index (Phi) is 3.30. The van der Waals surface area contributed by atoms with Crippen molar-refractivity contribution in [3.63, 3.8) is 0 Å². The minimum atomic E-state index is -0.599. The molecule has 2 heterocycles. The molecule has 8 heteroatoms. The fourth-order valence-corrected chi connectivity index (χ4v) is 2.14. The van der Waals surface area contributed by atoms with E-state index in [1.807, 2.05) is 0 Å². The van der Waals surface area contributed by atoms with E-state index in [9.17, 15) is 9.18 Å². The number of hydrogen-bond donors (Lipinski definition) is 1. The van der Waals surface area contributed by atoms with Gasteiger partial charge in [0.05, 0.1) is 18.8 Å². The zero-order valence-electron chi connectivity index (χ0n) is 11.2. The minimum Gasteiger partial charge on any atom is -0.441 e. The highest BCUT2D eigenvalue weighted by atomic mass is 19.1. The van der Waals surface area contributed by atoms with Gasteiger partial charge in [-0.3, -0.25) is 4.90 Å². The molecule has 3 rings (SSSR count). The van der Waals surface area contributed by atoms with Crippen LogP contribution in [-0.4, -0.2) is 45.2 Å². The lowest BCUT2D eigenvalue weighted by atomic mass is 10.2. The molecule has 0 spiro atoms. The number of nitrogens with zero attached hydrogens (tertiary/aromatic N) is 4. The third kappa shape index (κ3) is 2.45. The number of benzene rings is 1. The van der Waals surface area contributed by atoms with Crippen molar-refractivity contribution in [2.75, 3.05) is 18.1 Å². The Balaban J connectivity index is 1.90. The summed E-state index contributed by atoms with van der Waals surface area (Å²) in [5, 5.41) is 13.0. The Morgan fingerprint density at radius 3 is 2.90 bits per heavy atom. The van der Waals surface area contributed by atoms with Crippen LogP contribution in [0.1, 0.15) is 5.82 Å². The summed E-state index contributed by atoms with van der Waals surface area (Å²) in [4.78, 5) is 16.9. The lowest BCUT2D eigenvalue weighted by Gasteiger charge is -2.14. The average Bonchev–Trinajstić information content (AvgIpc) is 3.04. The number of aromatic nitrogens is 3. The normalized spacial score (nSPS) is 18.1. The maximum atomic E-state index is 14.2. The second-order valence-electron chi connectivity index (χ2n) is 4.67. The van der Waals surface area contributed by atoms with Gasteiger partial charge in [0.2, 0.25) is 0 Å². The Labute approximate surface area is 119 Å². The molecule has 21 heavy (non-hydrogen) atoms. The van der Waals surface area contributed by atoms with Crippen molar-refractivity contribution >= 4 is 11.8 Å². The van der Waals surface area contributed by atoms with E-state index in [4.69, 9.17) is 9.84 Å². The monoisotopic (exact) mass is 292 g/mol. The predicted molar refractivity (Wildman–Crippen MR) is 70.8 cm³/mol. The van der Waals surface area contributed by atoms with E-state index < -0.39 is 18.0 Å². The highest BCUT2D eigenvalue weighted by Crippen LogP contribution is 2.25. The van der Waals surface area contributed by atoms with Gasteiger partial charge in [-0.25, -0.2) is 18.9 Å². The van der Waals surface area contributed by atoms with Crippen LogP contribution in [0, 0.1) is 12.7 Å². The van der Waals surface area contributed by atoms with Gasteiger partial charge in [0.1, 0.15) is 23.9 Å². The van der Waals surface area contributed by atoms with Crippen LogP contribution in [0.4, 0.5) is 14.9 Å². The highest BCUT2D eigenvalue weighted by molar-refractivity contribution is 5.89. The first-order valence-electron chi connectivity index (χ1n) is 6.35. The van der Waals surface area contributed by atoms with E-state index in [0.717, 1.165) is 0 Å². The Hall–Kier alpha value is -2.48. The Bertz CT molecular complexity index is 688. The van der Waals surface area contributed by atoms with E-state index in [-0.39, 0.29) is 18.8 Å². The second-order valence-corrected chi connectivity index (χ2v) is 4.67. The lowest BCUT2D eigenvalue weighted by Crippen LogP contribution is -2.25. The molecule has 1 fully saturated rings. The molecule has 1 aliphatic rings. The summed E-state index contributed by atoms with van der Waals surface area (Å²) in [7, 11) is 0. The van der Waals surface area contributed by atoms with E-state index in [1.165, 1.54) is 28.0 Å². The molecule has 2 aromatic rings. The fourth-order valence-electron chi connectivity index (χ4n) is 2.14. The second kappa shape index (κ2) is 5.13. The summed E-state index contributed by atoms with van der Waals surface area (Å²) in [6.45, 7) is 1.63. The number of carbonyl (C=O) groups is 1. The van der Waals surface area contributed by atoms with E-state index in [2.05, 4.69) is 10.1 Å². The molecule has 1 atom stereocenters. The van der Waals surface area contributed by atoms with Crippen molar-refractivity contribution in [2.45, 2.75) is 13.0 Å². The van der Waals surface area contributed by atoms with Crippen molar-refractivity contribution < 1.29 is 19.0 Å². The third-order valence-electron chi connectivity index (χ3n) is 3.17. The van der Waals surface area contributed by atoms with Crippen molar-refractivity contribution in [1.29, 1.82) is 0 Å². The first-order chi connectivity index (χ1) is 10.1. The average molecular weight is 292 g/mol. The molecule has 1 saturated heterocycles. The number of rotatable bonds is 3. The molecule has 0 saturated carbocycles. The summed E-state index contributed by atoms with van der Waals surface area (Å²) in [5.74, 6) is 0.00466. The van der Waals surface area contributed by atoms with E-state index in [1.54, 1.807) is 13.0 Å². The molecule has 1 amide bonds. The lowest BCUT2D eigenvalue weighted by molar-refractivity contribution is 0.0963. The van der Waals surface area contributed by atoms with Crippen molar-refractivity contribution in [3.05, 3.63) is 36.2 Å². The standard InChI is InChI=1S/C13H13FN4O3/c1-8-15-7-18(16-8)12-3-2-9(4-11(12)14)17-5-10(6-19)21-13(17)20/h2-4,7,10,19H,5-6H2,1H3/t10-/m1/s1. The van der Waals surface area contributed by atoms with Crippen LogP contribution in [-0.2, 0) is 4.74 Å². The summed E-state index contributed by atoms with van der Waals surface area (Å²) in [6.07, 6.45) is 0.232.